The van der Waals surface area contributed by atoms with Crippen molar-refractivity contribution < 1.29 is 80.2 Å². The number of carbonyl (C=O) groups is 4. The minimum Gasteiger partial charge on any atom is -0.462 e. The zero-order valence-electron chi connectivity index (χ0n) is 65.9. The largest absolute Gasteiger partial charge is 0.472 e. The number of unbranched alkanes of at least 4 members (excludes halogenated alkanes) is 57. The topological polar surface area (TPSA) is 237 Å². The van der Waals surface area contributed by atoms with Crippen LogP contribution in [0, 0.1) is 0 Å². The van der Waals surface area contributed by atoms with Crippen molar-refractivity contribution in [3.05, 3.63) is 0 Å². The van der Waals surface area contributed by atoms with Crippen molar-refractivity contribution in [1.82, 2.24) is 0 Å². The highest BCUT2D eigenvalue weighted by Crippen LogP contribution is 2.45. The molecule has 0 spiro atoms. The van der Waals surface area contributed by atoms with Gasteiger partial charge in [0.25, 0.3) is 0 Å². The summed E-state index contributed by atoms with van der Waals surface area (Å²) in [6.07, 6.45) is 69.2. The lowest BCUT2D eigenvalue weighted by Crippen LogP contribution is -2.30. The van der Waals surface area contributed by atoms with E-state index in [-0.39, 0.29) is 25.7 Å². The summed E-state index contributed by atoms with van der Waals surface area (Å²) in [4.78, 5) is 73.1. The lowest BCUT2D eigenvalue weighted by atomic mass is 10.0. The van der Waals surface area contributed by atoms with E-state index in [0.717, 1.165) is 89.9 Å². The number of hydrogen-bond donors (Lipinski definition) is 3. The van der Waals surface area contributed by atoms with Crippen LogP contribution >= 0.6 is 15.6 Å². The Morgan fingerprint density at radius 2 is 0.396 bits per heavy atom. The van der Waals surface area contributed by atoms with E-state index >= 15 is 0 Å². The van der Waals surface area contributed by atoms with Crippen LogP contribution in [0.1, 0.15) is 445 Å². The quantitative estimate of drug-likeness (QED) is 0.0222. The Balaban J connectivity index is 5.26. The van der Waals surface area contributed by atoms with Crippen molar-refractivity contribution in [1.29, 1.82) is 0 Å². The molecule has 101 heavy (non-hydrogen) atoms. The molecule has 5 atom stereocenters. The number of aliphatic hydroxyl groups is 1. The Morgan fingerprint density at radius 3 is 0.584 bits per heavy atom. The molecule has 0 saturated heterocycles. The first kappa shape index (κ1) is 99.1. The Morgan fingerprint density at radius 1 is 0.238 bits per heavy atom. The van der Waals surface area contributed by atoms with Gasteiger partial charge in [-0.25, -0.2) is 9.13 Å². The number of carbonyl (C=O) groups excluding carboxylic acids is 4. The number of phosphoric ester groups is 2. The van der Waals surface area contributed by atoms with Crippen LogP contribution in [-0.4, -0.2) is 96.7 Å². The molecule has 0 aromatic rings. The Hall–Kier alpha value is -1.94. The van der Waals surface area contributed by atoms with E-state index in [1.165, 1.54) is 276 Å². The number of ether oxygens (including phenoxy) is 4. The third kappa shape index (κ3) is 76.1. The summed E-state index contributed by atoms with van der Waals surface area (Å²) in [5.41, 5.74) is 0. The minimum absolute atomic E-state index is 0.109. The fraction of sp³-hybridized carbons (Fsp3) is 0.951. The lowest BCUT2D eigenvalue weighted by Gasteiger charge is -2.21. The Labute approximate surface area is 619 Å². The standard InChI is InChI=1S/C82H160O17P2/c1-5-9-13-17-21-25-29-33-36-37-38-41-45-49-53-57-61-65-69-82(87)99-78(73-93-80(85)67-63-59-55-51-47-43-39-34-30-26-22-18-14-10-6-2)75-97-101(90,91)95-71-76(83)70-94-100(88,89)96-74-77(72-92-79(84)66-62-58-54-50-46-42-32-28-24-20-16-12-8-4)98-81(86)68-64-60-56-52-48-44-40-35-31-27-23-19-15-11-7-3/h76-78,83H,5-75H2,1-4H3,(H,88,89)(H,90,91)/t76-,77+,78+/m0/s1. The summed E-state index contributed by atoms with van der Waals surface area (Å²) >= 11 is 0. The molecule has 3 N–H and O–H groups in total. The molecule has 0 rings (SSSR count). The van der Waals surface area contributed by atoms with Gasteiger partial charge in [-0.15, -0.1) is 0 Å². The molecule has 0 amide bonds. The molecule has 0 fully saturated rings. The summed E-state index contributed by atoms with van der Waals surface area (Å²) in [7, 11) is -9.92. The van der Waals surface area contributed by atoms with Crippen LogP contribution in [0.4, 0.5) is 0 Å². The number of rotatable bonds is 83. The highest BCUT2D eigenvalue weighted by atomic mass is 31.2. The average molecular weight is 1480 g/mol. The van der Waals surface area contributed by atoms with Crippen LogP contribution in [0.15, 0.2) is 0 Å². The van der Waals surface area contributed by atoms with Gasteiger partial charge in [0, 0.05) is 25.7 Å². The number of esters is 4. The minimum atomic E-state index is -4.96. The molecule has 2 unspecified atom stereocenters. The van der Waals surface area contributed by atoms with Crippen LogP contribution in [-0.2, 0) is 65.4 Å². The number of aliphatic hydroxyl groups excluding tert-OH is 1. The van der Waals surface area contributed by atoms with E-state index in [1.807, 2.05) is 0 Å². The molecule has 0 radical (unpaired) electrons. The second-order valence-electron chi connectivity index (χ2n) is 29.5. The maximum Gasteiger partial charge on any atom is 0.472 e. The molecule has 0 aromatic carbocycles. The van der Waals surface area contributed by atoms with Crippen molar-refractivity contribution in [2.75, 3.05) is 39.6 Å². The van der Waals surface area contributed by atoms with Crippen molar-refractivity contribution in [2.45, 2.75) is 463 Å². The number of phosphoric acid groups is 2. The molecular formula is C82H160O17P2. The highest BCUT2D eigenvalue weighted by molar-refractivity contribution is 7.47. The second kappa shape index (κ2) is 76.3. The first-order chi connectivity index (χ1) is 49.2. The fourth-order valence-corrected chi connectivity index (χ4v) is 14.4. The third-order valence-corrected chi connectivity index (χ3v) is 21.3. The third-order valence-electron chi connectivity index (χ3n) is 19.4. The van der Waals surface area contributed by atoms with Gasteiger partial charge in [0.05, 0.1) is 26.4 Å². The van der Waals surface area contributed by atoms with Crippen LogP contribution in [0.25, 0.3) is 0 Å². The van der Waals surface area contributed by atoms with Crippen LogP contribution in [0.2, 0.25) is 0 Å². The van der Waals surface area contributed by atoms with E-state index in [2.05, 4.69) is 27.7 Å². The van der Waals surface area contributed by atoms with Crippen LogP contribution in [0.5, 0.6) is 0 Å². The zero-order chi connectivity index (χ0) is 73.9. The molecule has 0 aliphatic rings. The first-order valence-corrected chi connectivity index (χ1v) is 45.8. The van der Waals surface area contributed by atoms with Gasteiger partial charge >= 0.3 is 39.5 Å². The first-order valence-electron chi connectivity index (χ1n) is 42.8. The zero-order valence-corrected chi connectivity index (χ0v) is 67.7. The maximum absolute atomic E-state index is 13.1. The predicted octanol–water partition coefficient (Wildman–Crippen LogP) is 25.0. The van der Waals surface area contributed by atoms with Crippen molar-refractivity contribution in [2.24, 2.45) is 0 Å². The molecule has 17 nitrogen and oxygen atoms in total. The summed E-state index contributed by atoms with van der Waals surface area (Å²) in [5, 5.41) is 10.7. The molecule has 0 aliphatic heterocycles. The molecule has 19 heteroatoms. The van der Waals surface area contributed by atoms with E-state index in [4.69, 9.17) is 37.0 Å². The van der Waals surface area contributed by atoms with Gasteiger partial charge in [0.1, 0.15) is 19.3 Å². The number of hydrogen-bond acceptors (Lipinski definition) is 15. The summed E-state index contributed by atoms with van der Waals surface area (Å²) in [6.45, 7) is 5.05. The Bertz CT molecular complexity index is 1910. The van der Waals surface area contributed by atoms with Gasteiger partial charge in [-0.3, -0.25) is 37.3 Å². The van der Waals surface area contributed by atoms with Gasteiger partial charge in [-0.05, 0) is 25.7 Å². The van der Waals surface area contributed by atoms with Crippen LogP contribution < -0.4 is 0 Å². The van der Waals surface area contributed by atoms with Gasteiger partial charge in [0.2, 0.25) is 0 Å². The summed E-state index contributed by atoms with van der Waals surface area (Å²) < 4.78 is 68.8. The van der Waals surface area contributed by atoms with Crippen molar-refractivity contribution in [3.8, 4) is 0 Å². The van der Waals surface area contributed by atoms with Gasteiger partial charge in [0.15, 0.2) is 12.2 Å². The molecule has 0 heterocycles. The van der Waals surface area contributed by atoms with Crippen LogP contribution in [0.3, 0.4) is 0 Å². The fourth-order valence-electron chi connectivity index (χ4n) is 12.8. The van der Waals surface area contributed by atoms with E-state index in [1.54, 1.807) is 0 Å². The molecule has 0 saturated carbocycles. The summed E-state index contributed by atoms with van der Waals surface area (Å²) in [6, 6.07) is 0. The molecular weight excluding hydrogens is 1320 g/mol. The molecule has 0 bridgehead atoms. The predicted molar refractivity (Wildman–Crippen MR) is 414 cm³/mol. The van der Waals surface area contributed by atoms with E-state index in [9.17, 15) is 43.2 Å². The van der Waals surface area contributed by atoms with Gasteiger partial charge in [-0.2, -0.15) is 0 Å². The SMILES string of the molecule is CCCCCCCCCCCCCCCCCCCCC(=O)O[C@H](COC(=O)CCCCCCCCCCCCCCCCC)COP(=O)(O)OC[C@@H](O)COP(=O)(O)OC[C@@H](COC(=O)CCCCCCCCCCCCCCC)OC(=O)CCCCCCCCCCCCCCCCC. The molecule has 0 aromatic heterocycles. The van der Waals surface area contributed by atoms with Gasteiger partial charge < -0.3 is 33.8 Å². The van der Waals surface area contributed by atoms with Crippen molar-refractivity contribution in [3.63, 3.8) is 0 Å². The average Bonchev–Trinajstić information content (AvgIpc) is 1.00. The highest BCUT2D eigenvalue weighted by Gasteiger charge is 2.30. The van der Waals surface area contributed by atoms with E-state index in [0.29, 0.717) is 25.7 Å². The Kier molecular flexibility index (Phi) is 74.8. The monoisotopic (exact) mass is 1480 g/mol. The summed E-state index contributed by atoms with van der Waals surface area (Å²) in [5.74, 6) is -2.10. The molecule has 0 aliphatic carbocycles. The molecule has 600 valence electrons. The van der Waals surface area contributed by atoms with E-state index < -0.39 is 97.5 Å². The van der Waals surface area contributed by atoms with Crippen molar-refractivity contribution >= 4 is 39.5 Å². The normalized spacial score (nSPS) is 13.8. The second-order valence-corrected chi connectivity index (χ2v) is 32.4. The lowest BCUT2D eigenvalue weighted by molar-refractivity contribution is -0.161. The van der Waals surface area contributed by atoms with Gasteiger partial charge in [-0.1, -0.05) is 394 Å². The maximum atomic E-state index is 13.1. The smallest absolute Gasteiger partial charge is 0.462 e.